The first-order valence-electron chi connectivity index (χ1n) is 10.4. The van der Waals surface area contributed by atoms with E-state index < -0.39 is 0 Å². The molecule has 2 aromatic rings. The lowest BCUT2D eigenvalue weighted by Crippen LogP contribution is -2.38. The van der Waals surface area contributed by atoms with Crippen LogP contribution in [-0.2, 0) is 6.42 Å². The molecular formula is C23H31N3O. The van der Waals surface area contributed by atoms with Crippen molar-refractivity contribution < 1.29 is 5.11 Å². The topological polar surface area (TPSA) is 48.4 Å². The van der Waals surface area contributed by atoms with Crippen LogP contribution in [0.25, 0.3) is 0 Å². The summed E-state index contributed by atoms with van der Waals surface area (Å²) in [5, 5.41) is 13.1. The molecule has 144 valence electrons. The van der Waals surface area contributed by atoms with Crippen LogP contribution in [0.2, 0.25) is 0 Å². The number of nitrogens with zero attached hydrogens (tertiary/aromatic N) is 2. The number of aryl methyl sites for hydroxylation is 1. The van der Waals surface area contributed by atoms with E-state index in [9.17, 15) is 5.11 Å². The largest absolute Gasteiger partial charge is 0.508 e. The number of rotatable bonds is 8. The molecule has 1 aromatic carbocycles. The summed E-state index contributed by atoms with van der Waals surface area (Å²) in [4.78, 5) is 6.86. The molecule has 4 heteroatoms. The summed E-state index contributed by atoms with van der Waals surface area (Å²) in [5.41, 5.74) is 2.71. The van der Waals surface area contributed by atoms with Crippen molar-refractivity contribution in [2.45, 2.75) is 44.1 Å². The first-order chi connectivity index (χ1) is 13.3. The van der Waals surface area contributed by atoms with Crippen LogP contribution in [0.1, 0.15) is 42.7 Å². The predicted octanol–water partition coefficient (Wildman–Crippen LogP) is 3.58. The van der Waals surface area contributed by atoms with Gasteiger partial charge in [0.25, 0.3) is 0 Å². The van der Waals surface area contributed by atoms with Crippen molar-refractivity contribution >= 4 is 0 Å². The Bertz CT molecular complexity index is 695. The van der Waals surface area contributed by atoms with E-state index in [-0.39, 0.29) is 0 Å². The van der Waals surface area contributed by atoms with E-state index in [0.29, 0.717) is 17.7 Å². The minimum absolute atomic E-state index is 0.354. The zero-order valence-corrected chi connectivity index (χ0v) is 16.1. The molecule has 0 radical (unpaired) electrons. The molecule has 2 heterocycles. The Morgan fingerprint density at radius 2 is 1.93 bits per heavy atom. The fourth-order valence-electron chi connectivity index (χ4n) is 4.29. The van der Waals surface area contributed by atoms with E-state index in [1.165, 1.54) is 63.0 Å². The highest BCUT2D eigenvalue weighted by Crippen LogP contribution is 2.40. The quantitative estimate of drug-likeness (QED) is 0.751. The Labute approximate surface area is 162 Å². The van der Waals surface area contributed by atoms with Gasteiger partial charge in [0, 0.05) is 24.4 Å². The summed E-state index contributed by atoms with van der Waals surface area (Å²) in [7, 11) is 0. The third kappa shape index (κ3) is 5.30. The van der Waals surface area contributed by atoms with Crippen LogP contribution in [0.3, 0.4) is 0 Å². The van der Waals surface area contributed by atoms with E-state index in [1.54, 1.807) is 12.1 Å². The van der Waals surface area contributed by atoms with Crippen molar-refractivity contribution in [3.63, 3.8) is 0 Å². The molecule has 2 aliphatic rings. The number of piperidine rings is 1. The first kappa shape index (κ1) is 18.5. The van der Waals surface area contributed by atoms with Crippen LogP contribution in [0.5, 0.6) is 5.75 Å². The Morgan fingerprint density at radius 3 is 2.67 bits per heavy atom. The highest BCUT2D eigenvalue weighted by atomic mass is 16.3. The number of hydrogen-bond donors (Lipinski definition) is 2. The number of hydrogen-bond acceptors (Lipinski definition) is 4. The van der Waals surface area contributed by atoms with Crippen LogP contribution in [-0.4, -0.2) is 47.2 Å². The van der Waals surface area contributed by atoms with Crippen molar-refractivity contribution in [3.05, 3.63) is 59.9 Å². The Hall–Kier alpha value is -1.91. The minimum atomic E-state index is 0.354. The molecule has 1 saturated carbocycles. The van der Waals surface area contributed by atoms with Gasteiger partial charge < -0.3 is 15.3 Å². The molecule has 1 aromatic heterocycles. The van der Waals surface area contributed by atoms with Gasteiger partial charge in [0.15, 0.2) is 0 Å². The number of phenols is 1. The molecule has 2 fully saturated rings. The maximum atomic E-state index is 9.35. The first-order valence-corrected chi connectivity index (χ1v) is 10.4. The lowest BCUT2D eigenvalue weighted by atomic mass is 9.96. The second-order valence-corrected chi connectivity index (χ2v) is 8.20. The number of nitrogens with one attached hydrogen (secondary N) is 1. The summed E-state index contributed by atoms with van der Waals surface area (Å²) in [6, 6.07) is 12.5. The third-order valence-electron chi connectivity index (χ3n) is 6.16. The van der Waals surface area contributed by atoms with Gasteiger partial charge in [0.1, 0.15) is 5.75 Å². The fourth-order valence-corrected chi connectivity index (χ4v) is 4.29. The smallest absolute Gasteiger partial charge is 0.115 e. The third-order valence-corrected chi connectivity index (χ3v) is 6.16. The van der Waals surface area contributed by atoms with E-state index in [2.05, 4.69) is 21.3 Å². The molecular weight excluding hydrogens is 334 g/mol. The Kier molecular flexibility index (Phi) is 6.05. The summed E-state index contributed by atoms with van der Waals surface area (Å²) in [5.74, 6) is 1.86. The van der Waals surface area contributed by atoms with Gasteiger partial charge in [0.2, 0.25) is 0 Å². The highest BCUT2D eigenvalue weighted by Gasteiger charge is 2.38. The van der Waals surface area contributed by atoms with E-state index in [1.807, 2.05) is 30.6 Å². The molecule has 0 spiro atoms. The second-order valence-electron chi connectivity index (χ2n) is 8.20. The van der Waals surface area contributed by atoms with Gasteiger partial charge in [-0.25, -0.2) is 0 Å². The van der Waals surface area contributed by atoms with Gasteiger partial charge in [-0.2, -0.15) is 0 Å². The number of aromatic hydroxyl groups is 1. The number of benzene rings is 1. The minimum Gasteiger partial charge on any atom is -0.508 e. The monoisotopic (exact) mass is 365 g/mol. The van der Waals surface area contributed by atoms with E-state index in [0.717, 1.165) is 12.3 Å². The van der Waals surface area contributed by atoms with Crippen molar-refractivity contribution in [3.8, 4) is 5.75 Å². The maximum Gasteiger partial charge on any atom is 0.115 e. The lowest BCUT2D eigenvalue weighted by Gasteiger charge is -2.32. The fraction of sp³-hybridized carbons (Fsp3) is 0.522. The number of aromatic nitrogens is 1. The molecule has 4 nitrogen and oxygen atoms in total. The zero-order valence-electron chi connectivity index (χ0n) is 16.1. The second kappa shape index (κ2) is 8.85. The van der Waals surface area contributed by atoms with E-state index in [4.69, 9.17) is 0 Å². The molecule has 2 N–H and O–H groups in total. The maximum absolute atomic E-state index is 9.35. The average molecular weight is 366 g/mol. The molecule has 1 aliphatic carbocycles. The van der Waals surface area contributed by atoms with Crippen LogP contribution in [0.4, 0.5) is 0 Å². The SMILES string of the molecule is Oc1ccc(CCCN2CCC(CNC3CC3c3cccnc3)CC2)cc1. The number of pyridine rings is 1. The normalized spacial score (nSPS) is 23.4. The molecule has 1 aliphatic heterocycles. The van der Waals surface area contributed by atoms with Gasteiger partial charge >= 0.3 is 0 Å². The van der Waals surface area contributed by atoms with Crippen LogP contribution in [0.15, 0.2) is 48.8 Å². The van der Waals surface area contributed by atoms with Gasteiger partial charge in [-0.1, -0.05) is 18.2 Å². The molecule has 4 rings (SSSR count). The van der Waals surface area contributed by atoms with Crippen LogP contribution >= 0.6 is 0 Å². The molecule has 27 heavy (non-hydrogen) atoms. The lowest BCUT2D eigenvalue weighted by molar-refractivity contribution is 0.180. The molecule has 0 amide bonds. The van der Waals surface area contributed by atoms with Crippen LogP contribution < -0.4 is 5.32 Å². The standard InChI is InChI=1S/C23H31N3O/c27-21-7-5-18(6-8-21)3-2-12-26-13-9-19(10-14-26)16-25-23-15-22(23)20-4-1-11-24-17-20/h1,4-8,11,17,19,22-23,25,27H,2-3,9-10,12-16H2. The van der Waals surface area contributed by atoms with Gasteiger partial charge in [-0.05, 0) is 93.5 Å². The van der Waals surface area contributed by atoms with Crippen molar-refractivity contribution in [2.75, 3.05) is 26.2 Å². The summed E-state index contributed by atoms with van der Waals surface area (Å²) in [6.45, 7) is 4.83. The number of phenolic OH excluding ortho intramolecular Hbond substituents is 1. The van der Waals surface area contributed by atoms with Gasteiger partial charge in [0.05, 0.1) is 0 Å². The summed E-state index contributed by atoms with van der Waals surface area (Å²) < 4.78 is 0. The Balaban J connectivity index is 1.09. The number of likely N-dealkylation sites (tertiary alicyclic amines) is 1. The molecule has 2 atom stereocenters. The van der Waals surface area contributed by atoms with Crippen molar-refractivity contribution in [2.24, 2.45) is 5.92 Å². The summed E-state index contributed by atoms with van der Waals surface area (Å²) >= 11 is 0. The molecule has 0 bridgehead atoms. The molecule has 1 saturated heterocycles. The van der Waals surface area contributed by atoms with Crippen molar-refractivity contribution in [1.29, 1.82) is 0 Å². The van der Waals surface area contributed by atoms with Crippen molar-refractivity contribution in [1.82, 2.24) is 15.2 Å². The summed E-state index contributed by atoms with van der Waals surface area (Å²) in [6.07, 6.45) is 10.1. The Morgan fingerprint density at radius 1 is 1.11 bits per heavy atom. The van der Waals surface area contributed by atoms with Gasteiger partial charge in [-0.3, -0.25) is 4.98 Å². The highest BCUT2D eigenvalue weighted by molar-refractivity contribution is 5.26. The molecule has 2 unspecified atom stereocenters. The average Bonchev–Trinajstić information content (AvgIpc) is 3.49. The predicted molar refractivity (Wildman–Crippen MR) is 109 cm³/mol. The van der Waals surface area contributed by atoms with Gasteiger partial charge in [-0.15, -0.1) is 0 Å². The van der Waals surface area contributed by atoms with E-state index >= 15 is 0 Å². The zero-order chi connectivity index (χ0) is 18.5. The van der Waals surface area contributed by atoms with Crippen LogP contribution in [0, 0.1) is 5.92 Å².